The molecule has 0 radical (unpaired) electrons. The molecule has 1 saturated carbocycles. The molecular formula is C37H43N3O4. The minimum absolute atomic E-state index is 0.0267. The third kappa shape index (κ3) is 5.36. The second-order valence-electron chi connectivity index (χ2n) is 13.4. The number of likely N-dealkylation sites (N-methyl/N-ethyl adjacent to an activating group) is 1. The van der Waals surface area contributed by atoms with Gasteiger partial charge in [0.25, 0.3) is 0 Å². The number of nitrogens with zero attached hydrogens (tertiary/aromatic N) is 2. The van der Waals surface area contributed by atoms with Crippen molar-refractivity contribution in [1.82, 2.24) is 15.1 Å². The molecule has 2 fully saturated rings. The second kappa shape index (κ2) is 11.9. The van der Waals surface area contributed by atoms with Crippen LogP contribution in [0.5, 0.6) is 5.75 Å². The molecule has 1 N–H and O–H groups in total. The van der Waals surface area contributed by atoms with E-state index in [1.54, 1.807) is 4.90 Å². The Labute approximate surface area is 260 Å². The van der Waals surface area contributed by atoms with Crippen LogP contribution in [0.1, 0.15) is 67.2 Å². The van der Waals surface area contributed by atoms with E-state index in [9.17, 15) is 9.59 Å². The van der Waals surface area contributed by atoms with Gasteiger partial charge in [0.2, 0.25) is 0 Å². The molecule has 3 atom stereocenters. The van der Waals surface area contributed by atoms with Crippen molar-refractivity contribution < 1.29 is 19.1 Å². The summed E-state index contributed by atoms with van der Waals surface area (Å²) in [7, 11) is 2.07. The number of nitrogens with one attached hydrogen (secondary N) is 1. The van der Waals surface area contributed by atoms with E-state index in [4.69, 9.17) is 9.47 Å². The minimum atomic E-state index is -0.352. The van der Waals surface area contributed by atoms with E-state index in [1.807, 2.05) is 6.07 Å². The Kier molecular flexibility index (Phi) is 7.83. The highest BCUT2D eigenvalue weighted by molar-refractivity contribution is 5.79. The molecule has 4 aliphatic rings. The van der Waals surface area contributed by atoms with Crippen LogP contribution >= 0.6 is 0 Å². The summed E-state index contributed by atoms with van der Waals surface area (Å²) in [6.07, 6.45) is 5.74. The monoisotopic (exact) mass is 593 g/mol. The van der Waals surface area contributed by atoms with Crippen LogP contribution in [0.4, 0.5) is 9.59 Å². The zero-order chi connectivity index (χ0) is 30.3. The number of carbonyl (C=O) groups is 2. The van der Waals surface area contributed by atoms with Gasteiger partial charge in [0.1, 0.15) is 12.4 Å². The molecule has 3 aliphatic carbocycles. The Bertz CT molecular complexity index is 1500. The van der Waals surface area contributed by atoms with Gasteiger partial charge in [0.15, 0.2) is 0 Å². The molecule has 0 spiro atoms. The first-order valence-corrected chi connectivity index (χ1v) is 16.3. The van der Waals surface area contributed by atoms with Crippen molar-refractivity contribution in [2.75, 3.05) is 39.8 Å². The number of rotatable bonds is 4. The minimum Gasteiger partial charge on any atom is -0.449 e. The third-order valence-electron chi connectivity index (χ3n) is 10.7. The number of fused-ring (bicyclic) bond motifs is 7. The van der Waals surface area contributed by atoms with Gasteiger partial charge >= 0.3 is 12.2 Å². The zero-order valence-electron chi connectivity index (χ0n) is 25.9. The first-order valence-electron chi connectivity index (χ1n) is 16.3. The number of hydrogen-bond acceptors (Lipinski definition) is 5. The molecular weight excluding hydrogens is 550 g/mol. The van der Waals surface area contributed by atoms with Crippen LogP contribution in [-0.2, 0) is 16.6 Å². The van der Waals surface area contributed by atoms with Crippen molar-refractivity contribution in [2.24, 2.45) is 5.92 Å². The SMILES string of the molecule is CN1CCN(C(=O)Oc2ccc3c(c2)[C@@]2(C)CCCCC[C@@H](C3)[C@@H]2NC(=O)OCC2c3ccccc3-c3ccccc32)CC1. The van der Waals surface area contributed by atoms with Gasteiger partial charge in [-0.1, -0.05) is 80.8 Å². The molecule has 0 aromatic heterocycles. The first-order chi connectivity index (χ1) is 21.4. The predicted molar refractivity (Wildman–Crippen MR) is 171 cm³/mol. The number of ether oxygens (including phenoxy) is 2. The number of benzene rings is 3. The van der Waals surface area contributed by atoms with Gasteiger partial charge < -0.3 is 24.6 Å². The lowest BCUT2D eigenvalue weighted by molar-refractivity contribution is 0.112. The lowest BCUT2D eigenvalue weighted by atomic mass is 9.59. The fraction of sp³-hybridized carbons (Fsp3) is 0.459. The Balaban J connectivity index is 1.09. The molecule has 44 heavy (non-hydrogen) atoms. The van der Waals surface area contributed by atoms with E-state index < -0.39 is 0 Å². The highest BCUT2D eigenvalue weighted by Crippen LogP contribution is 2.48. The summed E-state index contributed by atoms with van der Waals surface area (Å²) in [6, 6.07) is 22.9. The standard InChI is InChI=1S/C37H43N3O4/c1-37-17-9-3-4-10-26(22-25-15-16-27(23-33(25)37)44-36(42)40-20-18-39(2)19-21-40)34(37)38-35(41)43-24-32-30-13-7-5-11-28(30)29-12-6-8-14-31(29)32/h5-8,11-16,23,26,32,34H,3-4,9-10,17-22,24H2,1-2H3,(H,38,41)/t26-,34-,37+/m0/s1. The summed E-state index contributed by atoms with van der Waals surface area (Å²) in [5.74, 6) is 0.931. The molecule has 1 aliphatic heterocycles. The molecule has 1 saturated heterocycles. The average Bonchev–Trinajstić information content (AvgIpc) is 3.35. The molecule has 0 unspecified atom stereocenters. The average molecular weight is 594 g/mol. The smallest absolute Gasteiger partial charge is 0.415 e. The largest absolute Gasteiger partial charge is 0.449 e. The molecule has 2 bridgehead atoms. The van der Waals surface area contributed by atoms with Gasteiger partial charge in [-0.25, -0.2) is 9.59 Å². The summed E-state index contributed by atoms with van der Waals surface area (Å²) in [5, 5.41) is 3.38. The van der Waals surface area contributed by atoms with Crippen LogP contribution in [0.15, 0.2) is 66.7 Å². The number of amides is 2. The Morgan fingerprint density at radius 3 is 2.34 bits per heavy atom. The fourth-order valence-electron chi connectivity index (χ4n) is 8.25. The van der Waals surface area contributed by atoms with Gasteiger partial charge in [-0.3, -0.25) is 0 Å². The van der Waals surface area contributed by atoms with Crippen LogP contribution in [0, 0.1) is 5.92 Å². The van der Waals surface area contributed by atoms with Gasteiger partial charge in [0, 0.05) is 43.6 Å². The van der Waals surface area contributed by atoms with Crippen LogP contribution in [0.2, 0.25) is 0 Å². The van der Waals surface area contributed by atoms with E-state index in [-0.39, 0.29) is 29.6 Å². The highest BCUT2D eigenvalue weighted by Gasteiger charge is 2.47. The fourth-order valence-corrected chi connectivity index (χ4v) is 8.25. The Morgan fingerprint density at radius 1 is 0.909 bits per heavy atom. The number of alkyl carbamates (subject to hydrolysis) is 1. The van der Waals surface area contributed by atoms with Gasteiger partial charge in [-0.2, -0.15) is 0 Å². The van der Waals surface area contributed by atoms with E-state index >= 15 is 0 Å². The molecule has 230 valence electrons. The van der Waals surface area contributed by atoms with Gasteiger partial charge in [-0.05, 0) is 77.7 Å². The normalized spacial score (nSPS) is 24.7. The zero-order valence-corrected chi connectivity index (χ0v) is 25.9. The topological polar surface area (TPSA) is 71.1 Å². The van der Waals surface area contributed by atoms with E-state index in [0.29, 0.717) is 31.4 Å². The van der Waals surface area contributed by atoms with Crippen molar-refractivity contribution in [1.29, 1.82) is 0 Å². The molecule has 7 heteroatoms. The summed E-state index contributed by atoms with van der Waals surface area (Å²) < 4.78 is 12.0. The lowest BCUT2D eigenvalue weighted by Crippen LogP contribution is -2.57. The number of carbonyl (C=O) groups excluding carboxylic acids is 2. The van der Waals surface area contributed by atoms with Gasteiger partial charge in [0.05, 0.1) is 0 Å². The maximum atomic E-state index is 13.6. The first kappa shape index (κ1) is 28.9. The molecule has 7 nitrogen and oxygen atoms in total. The second-order valence-corrected chi connectivity index (χ2v) is 13.4. The molecule has 2 amide bonds. The number of piperazine rings is 1. The van der Waals surface area contributed by atoms with E-state index in [2.05, 4.69) is 84.9 Å². The van der Waals surface area contributed by atoms with Crippen LogP contribution < -0.4 is 10.1 Å². The van der Waals surface area contributed by atoms with Crippen LogP contribution in [0.25, 0.3) is 11.1 Å². The van der Waals surface area contributed by atoms with Crippen molar-refractivity contribution in [3.05, 3.63) is 89.0 Å². The summed E-state index contributed by atoms with van der Waals surface area (Å²) in [5.41, 5.74) is 7.06. The van der Waals surface area contributed by atoms with E-state index in [0.717, 1.165) is 38.8 Å². The highest BCUT2D eigenvalue weighted by atomic mass is 16.6. The molecule has 3 aromatic carbocycles. The number of hydrogen-bond donors (Lipinski definition) is 1. The Morgan fingerprint density at radius 2 is 1.61 bits per heavy atom. The summed E-state index contributed by atoms with van der Waals surface area (Å²) in [6.45, 7) is 5.63. The van der Waals surface area contributed by atoms with Crippen molar-refractivity contribution in [3.63, 3.8) is 0 Å². The van der Waals surface area contributed by atoms with Crippen molar-refractivity contribution in [2.45, 2.75) is 62.8 Å². The van der Waals surface area contributed by atoms with Crippen molar-refractivity contribution in [3.8, 4) is 16.9 Å². The quantitative estimate of drug-likeness (QED) is 0.363. The van der Waals surface area contributed by atoms with Gasteiger partial charge in [-0.15, -0.1) is 0 Å². The maximum Gasteiger partial charge on any atom is 0.415 e. The molecule has 3 aromatic rings. The summed E-state index contributed by atoms with van der Waals surface area (Å²) in [4.78, 5) is 30.6. The molecule has 7 rings (SSSR count). The maximum absolute atomic E-state index is 13.6. The molecule has 1 heterocycles. The van der Waals surface area contributed by atoms with Crippen LogP contribution in [-0.4, -0.2) is 67.9 Å². The van der Waals surface area contributed by atoms with E-state index in [1.165, 1.54) is 46.2 Å². The van der Waals surface area contributed by atoms with Crippen LogP contribution in [0.3, 0.4) is 0 Å². The predicted octanol–water partition coefficient (Wildman–Crippen LogP) is 6.73. The summed E-state index contributed by atoms with van der Waals surface area (Å²) >= 11 is 0. The third-order valence-corrected chi connectivity index (χ3v) is 10.7. The van der Waals surface area contributed by atoms with Crippen molar-refractivity contribution >= 4 is 12.2 Å². The lowest BCUT2D eigenvalue weighted by Gasteiger charge is -2.49. The Hall–Kier alpha value is -3.84.